The van der Waals surface area contributed by atoms with Gasteiger partial charge in [0.2, 0.25) is 0 Å². The predicted octanol–water partition coefficient (Wildman–Crippen LogP) is 3.61. The van der Waals surface area contributed by atoms with Gasteiger partial charge in [-0.25, -0.2) is 9.97 Å². The van der Waals surface area contributed by atoms with Crippen LogP contribution in [0.2, 0.25) is 0 Å². The molecule has 126 valence electrons. The third kappa shape index (κ3) is 3.92. The van der Waals surface area contributed by atoms with Gasteiger partial charge in [0.05, 0.1) is 19.0 Å². The fourth-order valence-electron chi connectivity index (χ4n) is 2.36. The van der Waals surface area contributed by atoms with Crippen LogP contribution in [0.1, 0.15) is 11.4 Å². The zero-order chi connectivity index (χ0) is 17.6. The molecule has 0 aliphatic heterocycles. The Labute approximate surface area is 145 Å². The number of aromatic hydroxyl groups is 1. The summed E-state index contributed by atoms with van der Waals surface area (Å²) in [5.41, 5.74) is 5.24. The fraction of sp³-hybridized carbons (Fsp3) is 0.105. The zero-order valence-corrected chi connectivity index (χ0v) is 14.0. The summed E-state index contributed by atoms with van der Waals surface area (Å²) in [7, 11) is 1.50. The number of hydrogen-bond acceptors (Lipinski definition) is 6. The van der Waals surface area contributed by atoms with Gasteiger partial charge in [0.15, 0.2) is 11.5 Å². The summed E-state index contributed by atoms with van der Waals surface area (Å²) >= 11 is 0. The molecule has 3 aromatic rings. The molecule has 0 fully saturated rings. The largest absolute Gasteiger partial charge is 0.504 e. The number of phenols is 1. The van der Waals surface area contributed by atoms with Crippen molar-refractivity contribution in [1.82, 2.24) is 9.97 Å². The Kier molecular flexibility index (Phi) is 4.89. The lowest BCUT2D eigenvalue weighted by Gasteiger charge is -2.06. The molecule has 0 aliphatic rings. The molecule has 0 atom stereocenters. The van der Waals surface area contributed by atoms with E-state index < -0.39 is 0 Å². The molecule has 0 saturated carbocycles. The maximum absolute atomic E-state index is 10.1. The van der Waals surface area contributed by atoms with Crippen LogP contribution in [0, 0.1) is 6.92 Å². The number of anilines is 1. The minimum absolute atomic E-state index is 0.0411. The molecule has 0 bridgehead atoms. The van der Waals surface area contributed by atoms with E-state index in [1.54, 1.807) is 18.2 Å². The van der Waals surface area contributed by atoms with Gasteiger partial charge >= 0.3 is 0 Å². The van der Waals surface area contributed by atoms with Crippen LogP contribution in [0.5, 0.6) is 11.5 Å². The molecule has 0 amide bonds. The van der Waals surface area contributed by atoms with Crippen molar-refractivity contribution in [1.29, 1.82) is 0 Å². The molecule has 0 unspecified atom stereocenters. The molecule has 2 N–H and O–H groups in total. The molecule has 0 radical (unpaired) electrons. The molecule has 25 heavy (non-hydrogen) atoms. The van der Waals surface area contributed by atoms with Crippen molar-refractivity contribution < 1.29 is 9.84 Å². The summed E-state index contributed by atoms with van der Waals surface area (Å²) in [6.07, 6.45) is 1.51. The van der Waals surface area contributed by atoms with E-state index in [4.69, 9.17) is 4.74 Å². The van der Waals surface area contributed by atoms with Gasteiger partial charge in [0.25, 0.3) is 0 Å². The van der Waals surface area contributed by atoms with E-state index in [0.29, 0.717) is 23.0 Å². The smallest absolute Gasteiger partial charge is 0.166 e. The van der Waals surface area contributed by atoms with Crippen LogP contribution in [0.25, 0.3) is 11.3 Å². The number of ether oxygens (including phenoxy) is 1. The summed E-state index contributed by atoms with van der Waals surface area (Å²) in [5, 5.41) is 14.2. The molecule has 0 spiro atoms. The first kappa shape index (κ1) is 16.4. The number of methoxy groups -OCH3 is 1. The number of para-hydroxylation sites is 1. The van der Waals surface area contributed by atoms with Crippen molar-refractivity contribution in [3.63, 3.8) is 0 Å². The monoisotopic (exact) mass is 334 g/mol. The number of hydrogen-bond donors (Lipinski definition) is 2. The minimum atomic E-state index is 0.0411. The molecule has 2 aromatic carbocycles. The van der Waals surface area contributed by atoms with Crippen LogP contribution in [-0.2, 0) is 0 Å². The number of nitrogens with zero attached hydrogens (tertiary/aromatic N) is 3. The highest BCUT2D eigenvalue weighted by molar-refractivity contribution is 5.85. The maximum atomic E-state index is 10.1. The first-order chi connectivity index (χ1) is 12.2. The summed E-state index contributed by atoms with van der Waals surface area (Å²) in [5.74, 6) is 1.65. The predicted molar refractivity (Wildman–Crippen MR) is 98.1 cm³/mol. The van der Waals surface area contributed by atoms with Crippen LogP contribution >= 0.6 is 0 Å². The number of benzene rings is 2. The Morgan fingerprint density at radius 1 is 1.08 bits per heavy atom. The Bertz CT molecular complexity index is 895. The van der Waals surface area contributed by atoms with Crippen molar-refractivity contribution >= 4 is 12.0 Å². The van der Waals surface area contributed by atoms with E-state index in [-0.39, 0.29) is 5.75 Å². The summed E-state index contributed by atoms with van der Waals surface area (Å²) in [6, 6.07) is 16.9. The van der Waals surface area contributed by atoms with E-state index in [0.717, 1.165) is 11.3 Å². The number of phenolic OH excluding ortho intramolecular Hbond substituents is 1. The van der Waals surface area contributed by atoms with E-state index in [1.165, 1.54) is 13.3 Å². The average Bonchev–Trinajstić information content (AvgIpc) is 2.63. The quantitative estimate of drug-likeness (QED) is 0.550. The number of aromatic nitrogens is 2. The van der Waals surface area contributed by atoms with Gasteiger partial charge in [0.1, 0.15) is 11.6 Å². The maximum Gasteiger partial charge on any atom is 0.166 e. The van der Waals surface area contributed by atoms with Gasteiger partial charge in [-0.1, -0.05) is 36.4 Å². The molecule has 0 saturated heterocycles. The van der Waals surface area contributed by atoms with Crippen molar-refractivity contribution in [2.75, 3.05) is 12.5 Å². The van der Waals surface area contributed by atoms with Gasteiger partial charge < -0.3 is 9.84 Å². The molecular formula is C19H18N4O2. The lowest BCUT2D eigenvalue weighted by molar-refractivity contribution is 0.373. The van der Waals surface area contributed by atoms with Crippen LogP contribution in [0.15, 0.2) is 59.7 Å². The topological polar surface area (TPSA) is 79.6 Å². The molecule has 0 aliphatic carbocycles. The highest BCUT2D eigenvalue weighted by atomic mass is 16.5. The molecule has 1 heterocycles. The summed E-state index contributed by atoms with van der Waals surface area (Å²) in [6.45, 7) is 1.83. The van der Waals surface area contributed by atoms with E-state index in [9.17, 15) is 5.11 Å². The second kappa shape index (κ2) is 7.44. The minimum Gasteiger partial charge on any atom is -0.504 e. The van der Waals surface area contributed by atoms with Crippen molar-refractivity contribution in [2.24, 2.45) is 5.10 Å². The second-order valence-electron chi connectivity index (χ2n) is 5.32. The number of nitrogens with one attached hydrogen (secondary N) is 1. The Morgan fingerprint density at radius 3 is 2.64 bits per heavy atom. The standard InChI is InChI=1S/C19H18N4O2/c1-13-21-16(14-7-4-3-5-8-14)11-18(22-13)23-20-12-15-9-6-10-17(25-2)19(15)24/h3-12,24H,1-2H3,(H,21,22,23)/b20-12-. The number of hydrazone groups is 1. The van der Waals surface area contributed by atoms with E-state index in [1.807, 2.05) is 43.3 Å². The second-order valence-corrected chi connectivity index (χ2v) is 5.32. The molecule has 6 heteroatoms. The molecular weight excluding hydrogens is 316 g/mol. The lowest BCUT2D eigenvalue weighted by atomic mass is 10.1. The van der Waals surface area contributed by atoms with Crippen molar-refractivity contribution in [2.45, 2.75) is 6.92 Å². The van der Waals surface area contributed by atoms with Crippen LogP contribution < -0.4 is 10.2 Å². The first-order valence-electron chi connectivity index (χ1n) is 7.73. The van der Waals surface area contributed by atoms with Crippen LogP contribution in [0.3, 0.4) is 0 Å². The Morgan fingerprint density at radius 2 is 1.88 bits per heavy atom. The third-order valence-corrected chi connectivity index (χ3v) is 3.54. The van der Waals surface area contributed by atoms with Crippen molar-refractivity contribution in [3.05, 3.63) is 66.0 Å². The Hall–Kier alpha value is -3.41. The van der Waals surface area contributed by atoms with E-state index >= 15 is 0 Å². The Balaban J connectivity index is 1.81. The van der Waals surface area contributed by atoms with Crippen molar-refractivity contribution in [3.8, 4) is 22.8 Å². The summed E-state index contributed by atoms with van der Waals surface area (Å²) in [4.78, 5) is 8.77. The zero-order valence-electron chi connectivity index (χ0n) is 14.0. The fourth-order valence-corrected chi connectivity index (χ4v) is 2.36. The van der Waals surface area contributed by atoms with E-state index in [2.05, 4.69) is 20.5 Å². The summed E-state index contributed by atoms with van der Waals surface area (Å²) < 4.78 is 5.08. The third-order valence-electron chi connectivity index (χ3n) is 3.54. The van der Waals surface area contributed by atoms with Gasteiger partial charge in [-0.15, -0.1) is 0 Å². The van der Waals surface area contributed by atoms with Gasteiger partial charge in [0, 0.05) is 17.2 Å². The van der Waals surface area contributed by atoms with Crippen LogP contribution in [0.4, 0.5) is 5.82 Å². The molecule has 1 aromatic heterocycles. The SMILES string of the molecule is COc1cccc(/C=N\Nc2cc(-c3ccccc3)nc(C)n2)c1O. The highest BCUT2D eigenvalue weighted by Crippen LogP contribution is 2.28. The molecule has 3 rings (SSSR count). The number of rotatable bonds is 5. The number of aryl methyl sites for hydroxylation is 1. The van der Waals surface area contributed by atoms with Gasteiger partial charge in [-0.2, -0.15) is 5.10 Å². The van der Waals surface area contributed by atoms with Gasteiger partial charge in [-0.3, -0.25) is 5.43 Å². The average molecular weight is 334 g/mol. The normalized spacial score (nSPS) is 10.8. The van der Waals surface area contributed by atoms with Gasteiger partial charge in [-0.05, 0) is 19.1 Å². The lowest BCUT2D eigenvalue weighted by Crippen LogP contribution is -1.99. The molecule has 6 nitrogen and oxygen atoms in total. The highest BCUT2D eigenvalue weighted by Gasteiger charge is 2.06. The first-order valence-corrected chi connectivity index (χ1v) is 7.73. The van der Waals surface area contributed by atoms with Crippen LogP contribution in [-0.4, -0.2) is 28.4 Å².